The lowest BCUT2D eigenvalue weighted by atomic mass is 10.2. The van der Waals surface area contributed by atoms with Gasteiger partial charge in [-0.3, -0.25) is 4.79 Å². The zero-order valence-corrected chi connectivity index (χ0v) is 10.1. The van der Waals surface area contributed by atoms with E-state index in [1.165, 1.54) is 0 Å². The van der Waals surface area contributed by atoms with Crippen LogP contribution in [0.15, 0.2) is 24.3 Å². The van der Waals surface area contributed by atoms with Crippen molar-refractivity contribution in [3.05, 3.63) is 35.0 Å². The third-order valence-corrected chi connectivity index (χ3v) is 3.56. The van der Waals surface area contributed by atoms with E-state index in [1.54, 1.807) is 0 Å². The highest BCUT2D eigenvalue weighted by atomic mass is 35.5. The number of rotatable bonds is 1. The van der Waals surface area contributed by atoms with Crippen molar-refractivity contribution >= 4 is 28.4 Å². The Labute approximate surface area is 104 Å². The van der Waals surface area contributed by atoms with Gasteiger partial charge in [-0.2, -0.15) is 0 Å². The van der Waals surface area contributed by atoms with E-state index in [-0.39, 0.29) is 5.91 Å². The second-order valence-corrected chi connectivity index (χ2v) is 4.79. The molecule has 0 atom stereocenters. The number of likely N-dealkylation sites (tertiary alicyclic amines) is 1. The van der Waals surface area contributed by atoms with Crippen molar-refractivity contribution in [3.63, 3.8) is 0 Å². The van der Waals surface area contributed by atoms with Crippen LogP contribution in [0.4, 0.5) is 0 Å². The van der Waals surface area contributed by atoms with Gasteiger partial charge >= 0.3 is 0 Å². The molecule has 1 N–H and O–H groups in total. The number of nitrogens with one attached hydrogen (secondary N) is 1. The van der Waals surface area contributed by atoms with Crippen LogP contribution in [0.3, 0.4) is 0 Å². The average Bonchev–Trinajstić information content (AvgIpc) is 2.98. The molecular formula is C13H13ClN2O. The van der Waals surface area contributed by atoms with E-state index in [0.29, 0.717) is 10.7 Å². The molecule has 1 amide bonds. The summed E-state index contributed by atoms with van der Waals surface area (Å²) in [5.41, 5.74) is 1.55. The number of hydrogen-bond donors (Lipinski definition) is 1. The Morgan fingerprint density at radius 3 is 2.76 bits per heavy atom. The summed E-state index contributed by atoms with van der Waals surface area (Å²) < 4.78 is 0. The third kappa shape index (κ3) is 1.80. The average molecular weight is 249 g/mol. The molecule has 0 aliphatic carbocycles. The fourth-order valence-electron chi connectivity index (χ4n) is 2.32. The molecule has 88 valence electrons. The lowest BCUT2D eigenvalue weighted by molar-refractivity contribution is 0.0788. The van der Waals surface area contributed by atoms with Crippen molar-refractivity contribution in [2.24, 2.45) is 0 Å². The fourth-order valence-corrected chi connectivity index (χ4v) is 2.55. The fraction of sp³-hybridized carbons (Fsp3) is 0.308. The Hall–Kier alpha value is -1.48. The molecule has 0 radical (unpaired) electrons. The van der Waals surface area contributed by atoms with Crippen LogP contribution in [0.2, 0.25) is 5.02 Å². The maximum Gasteiger partial charge on any atom is 0.270 e. The van der Waals surface area contributed by atoms with Crippen LogP contribution in [0.1, 0.15) is 23.3 Å². The minimum atomic E-state index is 0.0785. The van der Waals surface area contributed by atoms with Gasteiger partial charge in [-0.15, -0.1) is 0 Å². The number of aromatic amines is 1. The first-order valence-corrected chi connectivity index (χ1v) is 6.20. The van der Waals surface area contributed by atoms with Gasteiger partial charge in [0.25, 0.3) is 5.91 Å². The molecule has 1 aromatic heterocycles. The second-order valence-electron chi connectivity index (χ2n) is 4.38. The molecule has 4 heteroatoms. The molecule has 1 saturated heterocycles. The summed E-state index contributed by atoms with van der Waals surface area (Å²) in [6.07, 6.45) is 2.21. The van der Waals surface area contributed by atoms with Gasteiger partial charge in [0.1, 0.15) is 5.69 Å². The van der Waals surface area contributed by atoms with Gasteiger partial charge in [-0.25, -0.2) is 0 Å². The number of halogens is 1. The molecule has 3 rings (SSSR count). The first-order valence-electron chi connectivity index (χ1n) is 5.82. The number of hydrogen-bond acceptors (Lipinski definition) is 1. The van der Waals surface area contributed by atoms with E-state index < -0.39 is 0 Å². The molecule has 1 fully saturated rings. The van der Waals surface area contributed by atoms with Crippen LogP contribution in [0, 0.1) is 0 Å². The molecule has 0 bridgehead atoms. The summed E-state index contributed by atoms with van der Waals surface area (Å²) >= 11 is 6.09. The van der Waals surface area contributed by atoms with Crippen molar-refractivity contribution in [2.45, 2.75) is 12.8 Å². The minimum Gasteiger partial charge on any atom is -0.350 e. The highest BCUT2D eigenvalue weighted by Gasteiger charge is 2.21. The number of benzene rings is 1. The van der Waals surface area contributed by atoms with Crippen molar-refractivity contribution in [3.8, 4) is 0 Å². The van der Waals surface area contributed by atoms with Crippen molar-refractivity contribution in [1.29, 1.82) is 0 Å². The number of amides is 1. The molecular weight excluding hydrogens is 236 g/mol. The lowest BCUT2D eigenvalue weighted by Crippen LogP contribution is -2.27. The molecule has 0 saturated carbocycles. The Balaban J connectivity index is 2.00. The Kier molecular flexibility index (Phi) is 2.56. The quantitative estimate of drug-likeness (QED) is 0.827. The number of carbonyl (C=O) groups is 1. The van der Waals surface area contributed by atoms with Crippen LogP contribution in [-0.2, 0) is 0 Å². The first kappa shape index (κ1) is 10.7. The molecule has 0 unspecified atom stereocenters. The lowest BCUT2D eigenvalue weighted by Gasteiger charge is -2.13. The van der Waals surface area contributed by atoms with E-state index >= 15 is 0 Å². The highest BCUT2D eigenvalue weighted by Crippen LogP contribution is 2.25. The monoisotopic (exact) mass is 248 g/mol. The number of carbonyl (C=O) groups excluding carboxylic acids is 1. The van der Waals surface area contributed by atoms with Gasteiger partial charge < -0.3 is 9.88 Å². The molecule has 3 nitrogen and oxygen atoms in total. The largest absolute Gasteiger partial charge is 0.350 e. The van der Waals surface area contributed by atoms with Crippen LogP contribution < -0.4 is 0 Å². The molecule has 1 aromatic carbocycles. The van der Waals surface area contributed by atoms with Gasteiger partial charge in [-0.05, 0) is 31.0 Å². The molecule has 17 heavy (non-hydrogen) atoms. The van der Waals surface area contributed by atoms with Crippen molar-refractivity contribution < 1.29 is 4.79 Å². The zero-order valence-electron chi connectivity index (χ0n) is 9.37. The standard InChI is InChI=1S/C13H13ClN2O/c14-10-4-3-5-11-9(10)8-12(15-11)13(17)16-6-1-2-7-16/h3-5,8,15H,1-2,6-7H2. The summed E-state index contributed by atoms with van der Waals surface area (Å²) in [5.74, 6) is 0.0785. The third-order valence-electron chi connectivity index (χ3n) is 3.23. The molecule has 0 spiro atoms. The van der Waals surface area contributed by atoms with E-state index in [4.69, 9.17) is 11.6 Å². The Morgan fingerprint density at radius 2 is 2.06 bits per heavy atom. The van der Waals surface area contributed by atoms with Crippen LogP contribution in [-0.4, -0.2) is 28.9 Å². The summed E-state index contributed by atoms with van der Waals surface area (Å²) in [6.45, 7) is 1.73. The highest BCUT2D eigenvalue weighted by molar-refractivity contribution is 6.35. The number of aromatic nitrogens is 1. The predicted octanol–water partition coefficient (Wildman–Crippen LogP) is 3.06. The van der Waals surface area contributed by atoms with Gasteiger partial charge in [0.05, 0.1) is 0 Å². The van der Waals surface area contributed by atoms with E-state index in [0.717, 1.165) is 36.8 Å². The van der Waals surface area contributed by atoms with Crippen LogP contribution in [0.5, 0.6) is 0 Å². The van der Waals surface area contributed by atoms with E-state index in [9.17, 15) is 4.79 Å². The van der Waals surface area contributed by atoms with Crippen molar-refractivity contribution in [2.75, 3.05) is 13.1 Å². The molecule has 1 aliphatic rings. The molecule has 1 aliphatic heterocycles. The smallest absolute Gasteiger partial charge is 0.270 e. The second kappa shape index (κ2) is 4.08. The van der Waals surface area contributed by atoms with E-state index in [2.05, 4.69) is 4.98 Å². The maximum absolute atomic E-state index is 12.2. The van der Waals surface area contributed by atoms with Crippen LogP contribution in [0.25, 0.3) is 10.9 Å². The van der Waals surface area contributed by atoms with Gasteiger partial charge in [-0.1, -0.05) is 17.7 Å². The molecule has 2 aromatic rings. The number of nitrogens with zero attached hydrogens (tertiary/aromatic N) is 1. The minimum absolute atomic E-state index is 0.0785. The topological polar surface area (TPSA) is 36.1 Å². The van der Waals surface area contributed by atoms with Gasteiger partial charge in [0.15, 0.2) is 0 Å². The predicted molar refractivity (Wildman–Crippen MR) is 68.4 cm³/mol. The van der Waals surface area contributed by atoms with Crippen molar-refractivity contribution in [1.82, 2.24) is 9.88 Å². The Morgan fingerprint density at radius 1 is 1.29 bits per heavy atom. The van der Waals surface area contributed by atoms with Gasteiger partial charge in [0, 0.05) is 29.0 Å². The number of H-pyrrole nitrogens is 1. The summed E-state index contributed by atoms with van der Waals surface area (Å²) in [6, 6.07) is 7.49. The zero-order chi connectivity index (χ0) is 11.8. The normalized spacial score (nSPS) is 15.7. The molecule has 2 heterocycles. The summed E-state index contributed by atoms with van der Waals surface area (Å²) in [7, 11) is 0. The SMILES string of the molecule is O=C(c1cc2c(Cl)cccc2[nH]1)N1CCCC1. The Bertz CT molecular complexity index is 570. The first-order chi connectivity index (χ1) is 8.25. The maximum atomic E-state index is 12.2. The van der Waals surface area contributed by atoms with Crippen LogP contribution >= 0.6 is 11.6 Å². The summed E-state index contributed by atoms with van der Waals surface area (Å²) in [5, 5.41) is 1.59. The van der Waals surface area contributed by atoms with E-state index in [1.807, 2.05) is 29.2 Å². The number of fused-ring (bicyclic) bond motifs is 1. The summed E-state index contributed by atoms with van der Waals surface area (Å²) in [4.78, 5) is 17.2. The van der Waals surface area contributed by atoms with Gasteiger partial charge in [0.2, 0.25) is 0 Å².